The van der Waals surface area contributed by atoms with Gasteiger partial charge < -0.3 is 4.74 Å². The van der Waals surface area contributed by atoms with Crippen LogP contribution in [0.25, 0.3) is 6.08 Å². The van der Waals surface area contributed by atoms with Crippen LogP contribution in [0.5, 0.6) is 5.75 Å². The number of carbonyl (C=O) groups is 2. The van der Waals surface area contributed by atoms with Gasteiger partial charge in [0.25, 0.3) is 11.1 Å². The lowest BCUT2D eigenvalue weighted by atomic mass is 10.1. The summed E-state index contributed by atoms with van der Waals surface area (Å²) in [5.74, 6) is 0.568. The molecule has 0 bridgehead atoms. The summed E-state index contributed by atoms with van der Waals surface area (Å²) in [6.45, 7) is 0.855. The van der Waals surface area contributed by atoms with E-state index in [1.54, 1.807) is 6.08 Å². The van der Waals surface area contributed by atoms with E-state index in [1.165, 1.54) is 10.5 Å². The monoisotopic (exact) mass is 715 g/mol. The first-order chi connectivity index (χ1) is 16.4. The Balaban J connectivity index is 1.41. The van der Waals surface area contributed by atoms with E-state index in [4.69, 9.17) is 16.3 Å². The van der Waals surface area contributed by atoms with E-state index in [1.807, 2.05) is 54.6 Å². The second-order valence-corrected chi connectivity index (χ2v) is 11.4. The third-order valence-electron chi connectivity index (χ3n) is 5.18. The maximum absolute atomic E-state index is 12.9. The van der Waals surface area contributed by atoms with Gasteiger partial charge in [0.1, 0.15) is 12.4 Å². The number of benzene rings is 3. The molecule has 4 nitrogen and oxygen atoms in total. The minimum Gasteiger partial charge on any atom is -0.487 e. The topological polar surface area (TPSA) is 46.6 Å². The number of rotatable bonds is 8. The number of nitrogens with zero attached hydrogens (tertiary/aromatic N) is 1. The summed E-state index contributed by atoms with van der Waals surface area (Å²) in [6.07, 6.45) is 3.36. The molecule has 3 aromatic rings. The summed E-state index contributed by atoms with van der Waals surface area (Å²) in [4.78, 5) is 27.1. The van der Waals surface area contributed by atoms with E-state index in [-0.39, 0.29) is 11.1 Å². The van der Waals surface area contributed by atoms with Crippen LogP contribution >= 0.6 is 68.5 Å². The molecule has 0 atom stereocenters. The normalized spacial score (nSPS) is 14.8. The van der Waals surface area contributed by atoms with Crippen LogP contribution in [0.15, 0.2) is 71.6 Å². The lowest BCUT2D eigenvalue weighted by Gasteiger charge is -2.12. The summed E-state index contributed by atoms with van der Waals surface area (Å²) < 4.78 is 7.91. The molecule has 0 saturated carbocycles. The van der Waals surface area contributed by atoms with Gasteiger partial charge in [-0.3, -0.25) is 14.5 Å². The summed E-state index contributed by atoms with van der Waals surface area (Å²) in [6, 6.07) is 21.6. The number of hydrogen-bond acceptors (Lipinski definition) is 4. The number of carbonyl (C=O) groups excluding carboxylic acids is 2. The molecule has 1 saturated heterocycles. The zero-order chi connectivity index (χ0) is 24.1. The standard InChI is InChI=1S/C26H20ClI2NO3S/c27-20-10-8-18(9-11-20)16-33-24-21(28)13-19(14-22(24)29)15-23-25(31)30(26(32)34-23)12-4-7-17-5-2-1-3-6-17/h1-3,5-6,8-11,13-15H,4,7,12,16H2/b23-15+. The van der Waals surface area contributed by atoms with E-state index in [0.717, 1.165) is 48.6 Å². The fraction of sp³-hybridized carbons (Fsp3) is 0.154. The Morgan fingerprint density at radius 2 is 1.62 bits per heavy atom. The fourth-order valence-corrected chi connectivity index (χ4v) is 6.59. The second-order valence-electron chi connectivity index (χ2n) is 7.65. The molecular formula is C26H20ClI2NO3S. The van der Waals surface area contributed by atoms with Crippen LogP contribution in [0.1, 0.15) is 23.1 Å². The Bertz CT molecular complexity index is 1210. The molecule has 3 aromatic carbocycles. The van der Waals surface area contributed by atoms with Crippen LogP contribution in [-0.4, -0.2) is 22.6 Å². The molecule has 8 heteroatoms. The smallest absolute Gasteiger partial charge is 0.293 e. The van der Waals surface area contributed by atoms with Crippen molar-refractivity contribution < 1.29 is 14.3 Å². The number of hydrogen-bond donors (Lipinski definition) is 0. The summed E-state index contributed by atoms with van der Waals surface area (Å²) >= 11 is 11.4. The van der Waals surface area contributed by atoms with Crippen LogP contribution in [-0.2, 0) is 17.8 Å². The highest BCUT2D eigenvalue weighted by atomic mass is 127. The minimum absolute atomic E-state index is 0.211. The number of imide groups is 1. The van der Waals surface area contributed by atoms with E-state index < -0.39 is 0 Å². The molecule has 1 aliphatic heterocycles. The van der Waals surface area contributed by atoms with Crippen LogP contribution < -0.4 is 4.74 Å². The van der Waals surface area contributed by atoms with Gasteiger partial charge in [-0.1, -0.05) is 54.1 Å². The van der Waals surface area contributed by atoms with Crippen molar-refractivity contribution in [3.63, 3.8) is 0 Å². The SMILES string of the molecule is O=C1S/C(=C/c2cc(I)c(OCc3ccc(Cl)cc3)c(I)c2)C(=O)N1CCCc1ccccc1. The molecule has 1 heterocycles. The van der Waals surface area contributed by atoms with Crippen molar-refractivity contribution >= 4 is 85.8 Å². The first-order valence-corrected chi connectivity index (χ1v) is 13.9. The fourth-order valence-electron chi connectivity index (χ4n) is 3.47. The third kappa shape index (κ3) is 6.56. The molecule has 0 aromatic heterocycles. The van der Waals surface area contributed by atoms with Gasteiger partial charge in [0.15, 0.2) is 0 Å². The van der Waals surface area contributed by atoms with Gasteiger partial charge in [0.2, 0.25) is 0 Å². The second kappa shape index (κ2) is 11.9. The van der Waals surface area contributed by atoms with Crippen molar-refractivity contribution in [3.8, 4) is 5.75 Å². The van der Waals surface area contributed by atoms with Crippen molar-refractivity contribution in [3.05, 3.63) is 100 Å². The minimum atomic E-state index is -0.226. The van der Waals surface area contributed by atoms with E-state index >= 15 is 0 Å². The van der Waals surface area contributed by atoms with Gasteiger partial charge in [-0.2, -0.15) is 0 Å². The Morgan fingerprint density at radius 1 is 0.941 bits per heavy atom. The zero-order valence-corrected chi connectivity index (χ0v) is 23.9. The molecule has 0 unspecified atom stereocenters. The lowest BCUT2D eigenvalue weighted by Crippen LogP contribution is -2.29. The molecule has 0 aliphatic carbocycles. The van der Waals surface area contributed by atoms with Gasteiger partial charge in [0.05, 0.1) is 12.0 Å². The average Bonchev–Trinajstić information content (AvgIpc) is 3.07. The molecule has 34 heavy (non-hydrogen) atoms. The number of amides is 2. The summed E-state index contributed by atoms with van der Waals surface area (Å²) in [7, 11) is 0. The number of aryl methyl sites for hydroxylation is 1. The summed E-state index contributed by atoms with van der Waals surface area (Å²) in [5.41, 5.74) is 3.09. The number of thioether (sulfide) groups is 1. The van der Waals surface area contributed by atoms with E-state index in [0.29, 0.717) is 23.1 Å². The van der Waals surface area contributed by atoms with Crippen molar-refractivity contribution in [2.75, 3.05) is 6.54 Å². The van der Waals surface area contributed by atoms with Crippen LogP contribution in [0.3, 0.4) is 0 Å². The van der Waals surface area contributed by atoms with E-state index in [9.17, 15) is 9.59 Å². The van der Waals surface area contributed by atoms with E-state index in [2.05, 4.69) is 57.3 Å². The molecule has 1 fully saturated rings. The highest BCUT2D eigenvalue weighted by molar-refractivity contribution is 14.1. The van der Waals surface area contributed by atoms with Gasteiger partial charge >= 0.3 is 0 Å². The van der Waals surface area contributed by atoms with Gasteiger partial charge in [-0.05, 0) is 117 Å². The third-order valence-corrected chi connectivity index (χ3v) is 7.94. The molecule has 2 amide bonds. The van der Waals surface area contributed by atoms with Crippen molar-refractivity contribution in [2.24, 2.45) is 0 Å². The molecular weight excluding hydrogens is 696 g/mol. The maximum Gasteiger partial charge on any atom is 0.293 e. The van der Waals surface area contributed by atoms with Gasteiger partial charge in [-0.15, -0.1) is 0 Å². The molecule has 0 radical (unpaired) electrons. The number of ether oxygens (including phenoxy) is 1. The van der Waals surface area contributed by atoms with Crippen LogP contribution in [0.2, 0.25) is 5.02 Å². The number of halogens is 3. The largest absolute Gasteiger partial charge is 0.487 e. The quantitative estimate of drug-likeness (QED) is 0.177. The van der Waals surface area contributed by atoms with Crippen molar-refractivity contribution in [1.82, 2.24) is 4.90 Å². The van der Waals surface area contributed by atoms with Crippen molar-refractivity contribution in [2.45, 2.75) is 19.4 Å². The van der Waals surface area contributed by atoms with Crippen LogP contribution in [0, 0.1) is 7.14 Å². The molecule has 1 aliphatic rings. The van der Waals surface area contributed by atoms with Crippen molar-refractivity contribution in [1.29, 1.82) is 0 Å². The lowest BCUT2D eigenvalue weighted by molar-refractivity contribution is -0.122. The highest BCUT2D eigenvalue weighted by Gasteiger charge is 2.34. The highest BCUT2D eigenvalue weighted by Crippen LogP contribution is 2.35. The van der Waals surface area contributed by atoms with Gasteiger partial charge in [0, 0.05) is 11.6 Å². The average molecular weight is 716 g/mol. The summed E-state index contributed by atoms with van der Waals surface area (Å²) in [5, 5.41) is 0.481. The predicted molar refractivity (Wildman–Crippen MR) is 155 cm³/mol. The first kappa shape index (κ1) is 25.5. The Hall–Kier alpha value is -1.56. The maximum atomic E-state index is 12.9. The molecule has 0 spiro atoms. The van der Waals surface area contributed by atoms with Crippen LogP contribution in [0.4, 0.5) is 4.79 Å². The zero-order valence-electron chi connectivity index (χ0n) is 18.0. The first-order valence-electron chi connectivity index (χ1n) is 10.6. The Labute approximate surface area is 235 Å². The van der Waals surface area contributed by atoms with Gasteiger partial charge in [-0.25, -0.2) is 0 Å². The molecule has 174 valence electrons. The predicted octanol–water partition coefficient (Wildman–Crippen LogP) is 7.80. The molecule has 0 N–H and O–H groups in total. The molecule has 4 rings (SSSR count). The Kier molecular flexibility index (Phi) is 8.95. The Morgan fingerprint density at radius 3 is 2.29 bits per heavy atom.